The van der Waals surface area contributed by atoms with Gasteiger partial charge in [0.05, 0.1) is 12.6 Å². The van der Waals surface area contributed by atoms with E-state index in [9.17, 15) is 19.5 Å². The van der Waals surface area contributed by atoms with E-state index in [1.54, 1.807) is 13.8 Å². The predicted octanol–water partition coefficient (Wildman–Crippen LogP) is 2.21. The van der Waals surface area contributed by atoms with Crippen LogP contribution in [0.3, 0.4) is 0 Å². The number of amides is 1. The maximum atomic E-state index is 13.0. The highest BCUT2D eigenvalue weighted by atomic mass is 16.5. The first-order valence-electron chi connectivity index (χ1n) is 9.60. The number of hydrogen-bond donors (Lipinski definition) is 2. The van der Waals surface area contributed by atoms with Crippen molar-refractivity contribution in [2.45, 2.75) is 83.8 Å². The molecule has 0 bridgehead atoms. The molecule has 1 aliphatic heterocycles. The van der Waals surface area contributed by atoms with E-state index < -0.39 is 24.1 Å². The van der Waals surface area contributed by atoms with Crippen LogP contribution >= 0.6 is 0 Å². The predicted molar refractivity (Wildman–Crippen MR) is 96.3 cm³/mol. The monoisotopic (exact) mass is 366 g/mol. The summed E-state index contributed by atoms with van der Waals surface area (Å²) in [4.78, 5) is 38.3. The molecule has 0 fully saturated rings. The van der Waals surface area contributed by atoms with Gasteiger partial charge in [-0.3, -0.25) is 14.9 Å². The first kappa shape index (κ1) is 20.4. The van der Waals surface area contributed by atoms with Crippen molar-refractivity contribution in [2.75, 3.05) is 6.61 Å². The molecule has 0 aromatic carbocycles. The van der Waals surface area contributed by atoms with Gasteiger partial charge in [0.1, 0.15) is 12.1 Å². The third-order valence-electron chi connectivity index (χ3n) is 5.09. The van der Waals surface area contributed by atoms with Crippen molar-refractivity contribution in [2.24, 2.45) is 0 Å². The Morgan fingerprint density at radius 1 is 1.27 bits per heavy atom. The van der Waals surface area contributed by atoms with Gasteiger partial charge in [0.15, 0.2) is 0 Å². The lowest BCUT2D eigenvalue weighted by Crippen LogP contribution is -2.53. The minimum atomic E-state index is -0.976. The lowest BCUT2D eigenvalue weighted by molar-refractivity contribution is -0.150. The van der Waals surface area contributed by atoms with E-state index in [1.807, 2.05) is 6.92 Å². The van der Waals surface area contributed by atoms with Gasteiger partial charge in [-0.2, -0.15) is 0 Å². The number of aliphatic carboxylic acids is 1. The average Bonchev–Trinajstić information content (AvgIpc) is 3.00. The third-order valence-corrected chi connectivity index (χ3v) is 5.09. The molecule has 3 atom stereocenters. The lowest BCUT2D eigenvalue weighted by Gasteiger charge is -2.30. The SMILES string of the molecule is CCC[C@H](N[C@H](C)C(=O)N1C2=C(CCCC2)C[C@H]1C(=O)O)C(=O)OCC. The van der Waals surface area contributed by atoms with Crippen LogP contribution in [-0.2, 0) is 19.1 Å². The Bertz CT molecular complexity index is 586. The average molecular weight is 366 g/mol. The van der Waals surface area contributed by atoms with Crippen LogP contribution in [0.15, 0.2) is 11.3 Å². The van der Waals surface area contributed by atoms with Gasteiger partial charge in [-0.05, 0) is 51.5 Å². The molecule has 146 valence electrons. The first-order chi connectivity index (χ1) is 12.4. The summed E-state index contributed by atoms with van der Waals surface area (Å²) in [5.74, 6) is -1.63. The molecule has 7 heteroatoms. The number of ether oxygens (including phenoxy) is 1. The highest BCUT2D eigenvalue weighted by Crippen LogP contribution is 2.38. The number of carboxylic acids is 1. The van der Waals surface area contributed by atoms with E-state index in [2.05, 4.69) is 5.32 Å². The van der Waals surface area contributed by atoms with Crippen LogP contribution in [0.4, 0.5) is 0 Å². The Morgan fingerprint density at radius 3 is 2.58 bits per heavy atom. The Balaban J connectivity index is 2.14. The lowest BCUT2D eigenvalue weighted by atomic mass is 9.96. The number of nitrogens with one attached hydrogen (secondary N) is 1. The summed E-state index contributed by atoms with van der Waals surface area (Å²) in [5.41, 5.74) is 1.98. The zero-order chi connectivity index (χ0) is 19.3. The number of nitrogens with zero attached hydrogens (tertiary/aromatic N) is 1. The Kier molecular flexibility index (Phi) is 7.20. The van der Waals surface area contributed by atoms with Crippen molar-refractivity contribution in [3.63, 3.8) is 0 Å². The number of esters is 1. The molecule has 0 spiro atoms. The fourth-order valence-electron chi connectivity index (χ4n) is 3.84. The summed E-state index contributed by atoms with van der Waals surface area (Å²) in [5, 5.41) is 12.6. The van der Waals surface area contributed by atoms with Crippen molar-refractivity contribution >= 4 is 17.8 Å². The molecule has 0 saturated heterocycles. The first-order valence-corrected chi connectivity index (χ1v) is 9.60. The number of allylic oxidation sites excluding steroid dienone is 1. The number of rotatable bonds is 8. The minimum absolute atomic E-state index is 0.283. The van der Waals surface area contributed by atoms with Crippen molar-refractivity contribution in [1.29, 1.82) is 0 Å². The third kappa shape index (κ3) is 4.44. The molecule has 2 aliphatic rings. The second kappa shape index (κ2) is 9.16. The van der Waals surface area contributed by atoms with Crippen molar-refractivity contribution in [3.8, 4) is 0 Å². The molecule has 2 N–H and O–H groups in total. The smallest absolute Gasteiger partial charge is 0.327 e. The van der Waals surface area contributed by atoms with Crippen LogP contribution in [0.25, 0.3) is 0 Å². The zero-order valence-electron chi connectivity index (χ0n) is 15.9. The number of carboxylic acid groups (broad SMARTS) is 1. The van der Waals surface area contributed by atoms with Gasteiger partial charge in [-0.15, -0.1) is 0 Å². The van der Waals surface area contributed by atoms with Crippen LogP contribution in [0.2, 0.25) is 0 Å². The minimum Gasteiger partial charge on any atom is -0.480 e. The molecule has 1 heterocycles. The summed E-state index contributed by atoms with van der Waals surface area (Å²) >= 11 is 0. The second-order valence-electron chi connectivity index (χ2n) is 7.01. The Hall–Kier alpha value is -1.89. The largest absolute Gasteiger partial charge is 0.480 e. The zero-order valence-corrected chi connectivity index (χ0v) is 15.9. The Morgan fingerprint density at radius 2 is 1.96 bits per heavy atom. The maximum absolute atomic E-state index is 13.0. The second-order valence-corrected chi connectivity index (χ2v) is 7.01. The van der Waals surface area contributed by atoms with Crippen molar-refractivity contribution in [1.82, 2.24) is 10.2 Å². The number of hydrogen-bond acceptors (Lipinski definition) is 5. The highest BCUT2D eigenvalue weighted by molar-refractivity contribution is 5.90. The quantitative estimate of drug-likeness (QED) is 0.640. The van der Waals surface area contributed by atoms with Crippen LogP contribution in [0.1, 0.15) is 65.7 Å². The van der Waals surface area contributed by atoms with E-state index in [-0.39, 0.29) is 18.5 Å². The molecule has 7 nitrogen and oxygen atoms in total. The van der Waals surface area contributed by atoms with Crippen LogP contribution in [0, 0.1) is 0 Å². The van der Waals surface area contributed by atoms with E-state index >= 15 is 0 Å². The van der Waals surface area contributed by atoms with Gasteiger partial charge in [0.2, 0.25) is 5.91 Å². The van der Waals surface area contributed by atoms with E-state index in [0.29, 0.717) is 12.8 Å². The summed E-state index contributed by atoms with van der Waals surface area (Å²) in [6.07, 6.45) is 5.38. The molecule has 0 saturated carbocycles. The van der Waals surface area contributed by atoms with E-state index in [1.165, 1.54) is 4.90 Å². The van der Waals surface area contributed by atoms with E-state index in [0.717, 1.165) is 43.4 Å². The van der Waals surface area contributed by atoms with Crippen LogP contribution < -0.4 is 5.32 Å². The molecule has 1 aliphatic carbocycles. The van der Waals surface area contributed by atoms with Gasteiger partial charge >= 0.3 is 11.9 Å². The van der Waals surface area contributed by atoms with Gasteiger partial charge in [-0.1, -0.05) is 13.3 Å². The van der Waals surface area contributed by atoms with Crippen LogP contribution in [0.5, 0.6) is 0 Å². The summed E-state index contributed by atoms with van der Waals surface area (Å²) < 4.78 is 5.08. The molecule has 0 unspecified atom stereocenters. The van der Waals surface area contributed by atoms with Gasteiger partial charge in [0.25, 0.3) is 0 Å². The topological polar surface area (TPSA) is 95.9 Å². The van der Waals surface area contributed by atoms with Gasteiger partial charge in [-0.25, -0.2) is 4.79 Å². The number of carbonyl (C=O) groups is 3. The molecule has 0 aromatic rings. The van der Waals surface area contributed by atoms with Crippen LogP contribution in [-0.4, -0.2) is 52.6 Å². The molecular formula is C19H30N2O5. The van der Waals surface area contributed by atoms with Crippen molar-refractivity contribution in [3.05, 3.63) is 11.3 Å². The number of carbonyl (C=O) groups excluding carboxylic acids is 2. The van der Waals surface area contributed by atoms with E-state index in [4.69, 9.17) is 4.74 Å². The highest BCUT2D eigenvalue weighted by Gasteiger charge is 2.42. The van der Waals surface area contributed by atoms with Gasteiger partial charge < -0.3 is 14.7 Å². The maximum Gasteiger partial charge on any atom is 0.327 e. The van der Waals surface area contributed by atoms with Crippen molar-refractivity contribution < 1.29 is 24.2 Å². The van der Waals surface area contributed by atoms with Gasteiger partial charge in [0, 0.05) is 12.1 Å². The summed E-state index contributed by atoms with van der Waals surface area (Å²) in [6, 6.07) is -2.06. The Labute approximate surface area is 154 Å². The standard InChI is InChI=1S/C19H30N2O5/c1-4-8-14(19(25)26-5-2)20-12(3)17(22)21-15-10-7-6-9-13(15)11-16(21)18(23)24/h12,14,16,20H,4-11H2,1-3H3,(H,23,24)/t12-,14+,16+/m1/s1. The molecule has 2 rings (SSSR count). The molecule has 26 heavy (non-hydrogen) atoms. The fourth-order valence-corrected chi connectivity index (χ4v) is 3.84. The normalized spacial score (nSPS) is 22.0. The molecular weight excluding hydrogens is 336 g/mol. The molecule has 1 amide bonds. The fraction of sp³-hybridized carbons (Fsp3) is 0.737. The summed E-state index contributed by atoms with van der Waals surface area (Å²) in [7, 11) is 0. The molecule has 0 radical (unpaired) electrons. The summed E-state index contributed by atoms with van der Waals surface area (Å²) in [6.45, 7) is 5.67. The molecule has 0 aromatic heterocycles.